The Hall–Kier alpha value is -6.72. The number of nitrogens with zero attached hydrogens (tertiary/aromatic N) is 6. The van der Waals surface area contributed by atoms with Crippen LogP contribution in [0.3, 0.4) is 0 Å². The largest absolute Gasteiger partial charge is 0.505 e. The molecule has 23 nitrogen and oxygen atoms in total. The number of hydrogen-bond acceptors (Lipinski definition) is 19. The Labute approximate surface area is 344 Å². The van der Waals surface area contributed by atoms with Gasteiger partial charge in [-0.1, -0.05) is 0 Å². The molecule has 0 aliphatic heterocycles. The lowest BCUT2D eigenvalue weighted by atomic mass is 10.1. The van der Waals surface area contributed by atoms with Gasteiger partial charge >= 0.3 is 0 Å². The van der Waals surface area contributed by atoms with Crippen LogP contribution in [0.25, 0.3) is 21.5 Å². The third kappa shape index (κ3) is 9.07. The molecule has 0 bridgehead atoms. The van der Waals surface area contributed by atoms with E-state index in [-0.39, 0.29) is 61.4 Å². The maximum Gasteiger partial charge on any atom is 0.296 e. The SMILES string of the molecule is COc1cc(N=Nc2ccc(N=Nc3c(S(=O)(=O)O)cc4cc(S(=O)(=O)O)cc(N)c4c3O)cc2)c(C)cc1N=Nc1c(S(=O)(=O)O)cc2cc(S(=O)(=O)O)cc(N)c2c1O. The summed E-state index contributed by atoms with van der Waals surface area (Å²) in [4.78, 5) is -3.33. The lowest BCUT2D eigenvalue weighted by Gasteiger charge is -2.12. The first-order valence-corrected chi connectivity index (χ1v) is 22.2. The Balaban J connectivity index is 1.29. The highest BCUT2D eigenvalue weighted by molar-refractivity contribution is 7.86. The van der Waals surface area contributed by atoms with E-state index in [0.717, 1.165) is 36.4 Å². The second-order valence-electron chi connectivity index (χ2n) is 12.7. The van der Waals surface area contributed by atoms with Crippen molar-refractivity contribution in [2.45, 2.75) is 26.5 Å². The van der Waals surface area contributed by atoms with Gasteiger partial charge in [0.15, 0.2) is 11.5 Å². The van der Waals surface area contributed by atoms with E-state index < -0.39 is 82.9 Å². The minimum atomic E-state index is -5.12. The summed E-state index contributed by atoms with van der Waals surface area (Å²) in [5, 5.41) is 44.8. The van der Waals surface area contributed by atoms with Gasteiger partial charge in [-0.15, -0.1) is 15.3 Å². The molecule has 61 heavy (non-hydrogen) atoms. The number of ether oxygens (including phenoxy) is 1. The number of phenolic OH excluding ortho intramolecular Hbond substituents is 2. The van der Waals surface area contributed by atoms with Crippen molar-refractivity contribution in [3.8, 4) is 17.2 Å². The molecule has 0 saturated heterocycles. The molecule has 0 saturated carbocycles. The van der Waals surface area contributed by atoms with Gasteiger partial charge < -0.3 is 26.4 Å². The number of azo groups is 3. The number of nitrogen functional groups attached to an aromatic ring is 2. The topological polar surface area (TPSA) is 393 Å². The highest BCUT2D eigenvalue weighted by Gasteiger charge is 2.27. The molecule has 0 aliphatic rings. The molecule has 0 unspecified atom stereocenters. The zero-order valence-electron chi connectivity index (χ0n) is 30.8. The Bertz CT molecular complexity index is 3400. The van der Waals surface area contributed by atoms with Crippen molar-refractivity contribution in [1.82, 2.24) is 0 Å². The van der Waals surface area contributed by atoms with Gasteiger partial charge in [-0.05, 0) is 90.0 Å². The number of anilines is 2. The Morgan fingerprint density at radius 1 is 0.508 bits per heavy atom. The molecule has 0 fully saturated rings. The van der Waals surface area contributed by atoms with Crippen LogP contribution in [0, 0.1) is 6.92 Å². The number of fused-ring (bicyclic) bond motifs is 2. The maximum atomic E-state index is 12.3. The van der Waals surface area contributed by atoms with Crippen LogP contribution >= 0.6 is 0 Å². The molecule has 6 aromatic rings. The average Bonchev–Trinajstić information content (AvgIpc) is 3.15. The molecule has 0 radical (unpaired) electrons. The normalized spacial score (nSPS) is 13.0. The van der Waals surface area contributed by atoms with E-state index in [1.54, 1.807) is 6.92 Å². The molecule has 0 aromatic heterocycles. The molecule has 0 aliphatic carbocycles. The summed E-state index contributed by atoms with van der Waals surface area (Å²) < 4.78 is 140. The molecular formula is C34H28N8O15S4. The lowest BCUT2D eigenvalue weighted by molar-refractivity contribution is 0.416. The predicted octanol–water partition coefficient (Wildman–Crippen LogP) is 7.12. The predicted molar refractivity (Wildman–Crippen MR) is 216 cm³/mol. The van der Waals surface area contributed by atoms with E-state index in [9.17, 15) is 62.1 Å². The second kappa shape index (κ2) is 15.7. The van der Waals surface area contributed by atoms with Crippen molar-refractivity contribution in [2.75, 3.05) is 18.6 Å². The summed E-state index contributed by atoms with van der Waals surface area (Å²) in [6.07, 6.45) is 0. The summed E-state index contributed by atoms with van der Waals surface area (Å²) in [5.41, 5.74) is 10.6. The van der Waals surface area contributed by atoms with Crippen molar-refractivity contribution in [3.05, 3.63) is 78.4 Å². The van der Waals surface area contributed by atoms with E-state index in [2.05, 4.69) is 30.7 Å². The van der Waals surface area contributed by atoms with Gasteiger partial charge in [0.1, 0.15) is 32.6 Å². The molecule has 318 valence electrons. The number of benzene rings is 6. The first kappa shape index (κ1) is 43.8. The molecule has 27 heteroatoms. The molecular weight excluding hydrogens is 889 g/mol. The maximum absolute atomic E-state index is 12.3. The molecule has 0 spiro atoms. The van der Waals surface area contributed by atoms with Crippen molar-refractivity contribution < 1.29 is 66.8 Å². The van der Waals surface area contributed by atoms with Crippen molar-refractivity contribution in [2.24, 2.45) is 30.7 Å². The Morgan fingerprint density at radius 3 is 1.30 bits per heavy atom. The summed E-state index contributed by atoms with van der Waals surface area (Å²) in [7, 11) is -18.5. The van der Waals surface area contributed by atoms with Crippen LogP contribution in [-0.4, -0.2) is 69.2 Å². The number of aryl methyl sites for hydroxylation is 1. The fourth-order valence-corrected chi connectivity index (χ4v) is 8.21. The summed E-state index contributed by atoms with van der Waals surface area (Å²) in [6, 6.07) is 13.3. The van der Waals surface area contributed by atoms with Crippen LogP contribution in [0.2, 0.25) is 0 Å². The van der Waals surface area contributed by atoms with Gasteiger partial charge in [0.25, 0.3) is 40.5 Å². The fourth-order valence-electron chi connectivity index (χ4n) is 5.79. The van der Waals surface area contributed by atoms with Gasteiger partial charge in [-0.2, -0.15) is 49.0 Å². The average molecular weight is 917 g/mol. The molecule has 10 N–H and O–H groups in total. The van der Waals surface area contributed by atoms with E-state index in [0.29, 0.717) is 5.56 Å². The summed E-state index contributed by atoms with van der Waals surface area (Å²) in [6.45, 7) is 1.60. The first-order chi connectivity index (χ1) is 28.3. The van der Waals surface area contributed by atoms with Crippen molar-refractivity contribution in [3.63, 3.8) is 0 Å². The zero-order chi connectivity index (χ0) is 45.0. The minimum absolute atomic E-state index is 0.00992. The van der Waals surface area contributed by atoms with Gasteiger partial charge in [-0.3, -0.25) is 18.2 Å². The number of hydrogen-bond donors (Lipinski definition) is 8. The van der Waals surface area contributed by atoms with Crippen molar-refractivity contribution in [1.29, 1.82) is 0 Å². The van der Waals surface area contributed by atoms with Crippen LogP contribution < -0.4 is 16.2 Å². The second-order valence-corrected chi connectivity index (χ2v) is 18.3. The van der Waals surface area contributed by atoms with Crippen LogP contribution in [0.4, 0.5) is 45.5 Å². The van der Waals surface area contributed by atoms with E-state index in [4.69, 9.17) is 16.2 Å². The van der Waals surface area contributed by atoms with Crippen LogP contribution in [0.5, 0.6) is 17.2 Å². The number of nitrogens with two attached hydrogens (primary N) is 2. The third-order valence-electron chi connectivity index (χ3n) is 8.60. The van der Waals surface area contributed by atoms with Crippen LogP contribution in [-0.2, 0) is 40.5 Å². The molecule has 0 heterocycles. The Morgan fingerprint density at radius 2 is 0.902 bits per heavy atom. The number of rotatable bonds is 11. The molecule has 6 rings (SSSR count). The van der Waals surface area contributed by atoms with Crippen molar-refractivity contribution >= 4 is 108 Å². The third-order valence-corrected chi connectivity index (χ3v) is 12.0. The molecule has 6 aromatic carbocycles. The van der Waals surface area contributed by atoms with Crippen LogP contribution in [0.15, 0.2) is 123 Å². The van der Waals surface area contributed by atoms with Gasteiger partial charge in [-0.25, -0.2) is 0 Å². The number of phenols is 2. The number of aromatic hydroxyl groups is 2. The minimum Gasteiger partial charge on any atom is -0.505 e. The highest BCUT2D eigenvalue weighted by Crippen LogP contribution is 2.47. The van der Waals surface area contributed by atoms with E-state index >= 15 is 0 Å². The quantitative estimate of drug-likeness (QED) is 0.0364. The number of methoxy groups -OCH3 is 1. The summed E-state index contributed by atoms with van der Waals surface area (Å²) >= 11 is 0. The Kier molecular flexibility index (Phi) is 11.3. The highest BCUT2D eigenvalue weighted by atomic mass is 32.2. The van der Waals surface area contributed by atoms with Gasteiger partial charge in [0.05, 0.1) is 34.0 Å². The zero-order valence-corrected chi connectivity index (χ0v) is 34.0. The van der Waals surface area contributed by atoms with E-state index in [1.165, 1.54) is 43.5 Å². The lowest BCUT2D eigenvalue weighted by Crippen LogP contribution is -2.02. The summed E-state index contributed by atoms with van der Waals surface area (Å²) in [5.74, 6) is -1.72. The smallest absolute Gasteiger partial charge is 0.296 e. The fraction of sp³-hybridized carbons (Fsp3) is 0.0588. The molecule has 0 atom stereocenters. The van der Waals surface area contributed by atoms with Gasteiger partial charge in [0.2, 0.25) is 0 Å². The van der Waals surface area contributed by atoms with Crippen LogP contribution in [0.1, 0.15) is 5.56 Å². The van der Waals surface area contributed by atoms with Gasteiger partial charge in [0, 0.05) is 28.2 Å². The standard InChI is InChI=1S/C34H28N8O15S4/c1-15-7-25(40-42-32-28(61(54,55)56)11-17-9-21(59(48,49)50)13-23(36)30(17)34(32)44)26(57-2)14-24(15)39-37-18-3-5-19(6-4-18)38-41-31-27(60(51,52)53)10-16-8-20(58(45,46)47)12-22(35)29(16)33(31)43/h3-14,43-44H,35-36H2,1-2H3,(H,45,46,47)(H,48,49,50)(H,51,52,53)(H,54,55,56). The first-order valence-electron chi connectivity index (χ1n) is 16.4. The monoisotopic (exact) mass is 916 g/mol. The molecule has 0 amide bonds. The van der Waals surface area contributed by atoms with E-state index in [1.807, 2.05) is 0 Å².